The van der Waals surface area contributed by atoms with Crippen molar-refractivity contribution < 1.29 is 4.79 Å². The minimum absolute atomic E-state index is 0.0464. The van der Waals surface area contributed by atoms with E-state index in [4.69, 9.17) is 23.2 Å². The van der Waals surface area contributed by atoms with E-state index in [2.05, 4.69) is 6.58 Å². The van der Waals surface area contributed by atoms with Crippen LogP contribution in [0.1, 0.15) is 0 Å². The molecule has 1 nitrogen and oxygen atoms in total. The largest absolute Gasteiger partial charge is 0.290 e. The predicted octanol–water partition coefficient (Wildman–Crippen LogP) is 2.06. The maximum absolute atomic E-state index is 10.3. The summed E-state index contributed by atoms with van der Waals surface area (Å²) in [6.07, 6.45) is 2.21. The highest BCUT2D eigenvalue weighted by Gasteiger charge is 1.88. The molecular weight excluding hydrogens is 147 g/mol. The highest BCUT2D eigenvalue weighted by Crippen LogP contribution is 2.05. The van der Waals surface area contributed by atoms with Gasteiger partial charge in [0.1, 0.15) is 4.49 Å². The molecule has 0 unspecified atom stereocenters. The van der Waals surface area contributed by atoms with E-state index >= 15 is 0 Å². The number of allylic oxidation sites excluding steroid dienone is 2. The zero-order valence-electron chi connectivity index (χ0n) is 4.03. The molecule has 8 heavy (non-hydrogen) atoms. The third-order valence-electron chi connectivity index (χ3n) is 0.453. The predicted molar refractivity (Wildman–Crippen MR) is 35.0 cm³/mol. The summed E-state index contributed by atoms with van der Waals surface area (Å²) in [6.45, 7) is 3.20. The maximum atomic E-state index is 10.3. The second kappa shape index (κ2) is 3.70. The number of hydrogen-bond acceptors (Lipinski definition) is 1. The second-order valence-corrected chi connectivity index (χ2v) is 2.05. The number of carbonyl (C=O) groups is 1. The molecule has 0 radical (unpaired) electrons. The number of carbonyl (C=O) groups excluding carboxylic acids is 1. The number of ketones is 1. The number of rotatable bonds is 2. The second-order valence-electron chi connectivity index (χ2n) is 1.04. The van der Waals surface area contributed by atoms with Gasteiger partial charge in [-0.25, -0.2) is 0 Å². The Morgan fingerprint density at radius 3 is 2.12 bits per heavy atom. The molecule has 0 rings (SSSR count). The first-order valence-electron chi connectivity index (χ1n) is 1.86. The summed E-state index contributed by atoms with van der Waals surface area (Å²) in [5.41, 5.74) is 0. The molecule has 0 spiro atoms. The Balaban J connectivity index is 3.89. The molecule has 0 aromatic rings. The van der Waals surface area contributed by atoms with E-state index in [1.54, 1.807) is 0 Å². The van der Waals surface area contributed by atoms with Crippen LogP contribution in [0.2, 0.25) is 0 Å². The first-order valence-corrected chi connectivity index (χ1v) is 2.61. The average molecular weight is 151 g/mol. The van der Waals surface area contributed by atoms with Crippen molar-refractivity contribution in [2.75, 3.05) is 0 Å². The van der Waals surface area contributed by atoms with Gasteiger partial charge in [-0.2, -0.15) is 0 Å². The smallest absolute Gasteiger partial charge is 0.180 e. The van der Waals surface area contributed by atoms with Crippen LogP contribution in [-0.4, -0.2) is 5.78 Å². The van der Waals surface area contributed by atoms with E-state index in [1.807, 2.05) is 0 Å². The topological polar surface area (TPSA) is 17.1 Å². The molecule has 0 saturated carbocycles. The van der Waals surface area contributed by atoms with E-state index in [0.29, 0.717) is 0 Å². The molecule has 0 N–H and O–H groups in total. The van der Waals surface area contributed by atoms with Gasteiger partial charge in [-0.1, -0.05) is 29.8 Å². The summed E-state index contributed by atoms with van der Waals surface area (Å²) >= 11 is 10.2. The van der Waals surface area contributed by atoms with Crippen LogP contribution in [-0.2, 0) is 4.79 Å². The lowest BCUT2D eigenvalue weighted by Crippen LogP contribution is -1.81. The summed E-state index contributed by atoms with van der Waals surface area (Å²) in [5.74, 6) is -0.287. The molecule has 0 aliphatic rings. The van der Waals surface area contributed by atoms with E-state index in [1.165, 1.54) is 0 Å². The van der Waals surface area contributed by atoms with Gasteiger partial charge in [0.05, 0.1) is 0 Å². The molecule has 0 saturated heterocycles. The van der Waals surface area contributed by atoms with E-state index in [9.17, 15) is 4.79 Å². The molecule has 0 aliphatic heterocycles. The number of hydrogen-bond donors (Lipinski definition) is 0. The minimum Gasteiger partial charge on any atom is -0.290 e. The van der Waals surface area contributed by atoms with Gasteiger partial charge in [-0.3, -0.25) is 4.79 Å². The first kappa shape index (κ1) is 7.73. The summed E-state index contributed by atoms with van der Waals surface area (Å²) in [6, 6.07) is 0. The van der Waals surface area contributed by atoms with E-state index in [0.717, 1.165) is 12.2 Å². The van der Waals surface area contributed by atoms with Crippen molar-refractivity contribution >= 4 is 29.0 Å². The van der Waals surface area contributed by atoms with Crippen molar-refractivity contribution in [1.82, 2.24) is 0 Å². The van der Waals surface area contributed by atoms with Gasteiger partial charge < -0.3 is 0 Å². The summed E-state index contributed by atoms with van der Waals surface area (Å²) in [4.78, 5) is 10.3. The normalized spacial score (nSPS) is 7.75. The SMILES string of the molecule is C=CC(=O)C=C(Cl)Cl. The van der Waals surface area contributed by atoms with Crippen LogP contribution in [0.15, 0.2) is 23.2 Å². The zero-order valence-corrected chi connectivity index (χ0v) is 5.54. The van der Waals surface area contributed by atoms with Crippen molar-refractivity contribution in [2.45, 2.75) is 0 Å². The Bertz CT molecular complexity index is 133. The van der Waals surface area contributed by atoms with Gasteiger partial charge in [0.15, 0.2) is 5.78 Å². The number of halogens is 2. The molecule has 0 bridgehead atoms. The van der Waals surface area contributed by atoms with Gasteiger partial charge in [-0.05, 0) is 6.08 Å². The molecule has 0 aromatic heterocycles. The van der Waals surface area contributed by atoms with Gasteiger partial charge in [0.25, 0.3) is 0 Å². The Morgan fingerprint density at radius 1 is 1.50 bits per heavy atom. The van der Waals surface area contributed by atoms with Crippen molar-refractivity contribution in [3.05, 3.63) is 23.2 Å². The fourth-order valence-corrected chi connectivity index (χ4v) is 0.382. The Kier molecular flexibility index (Phi) is 3.57. The van der Waals surface area contributed by atoms with Crippen LogP contribution >= 0.6 is 23.2 Å². The summed E-state index contributed by atoms with van der Waals surface area (Å²) in [5, 5.41) is 0. The van der Waals surface area contributed by atoms with E-state index < -0.39 is 0 Å². The Hall–Kier alpha value is -0.270. The minimum atomic E-state index is -0.287. The lowest BCUT2D eigenvalue weighted by atomic mass is 10.4. The standard InChI is InChI=1S/C5H4Cl2O/c1-2-4(8)3-5(6)7/h2-3H,1H2. The molecule has 0 heterocycles. The lowest BCUT2D eigenvalue weighted by Gasteiger charge is -1.77. The zero-order chi connectivity index (χ0) is 6.57. The monoisotopic (exact) mass is 150 g/mol. The molecule has 0 aromatic carbocycles. The molecule has 0 atom stereocenters. The van der Waals surface area contributed by atoms with Crippen LogP contribution < -0.4 is 0 Å². The van der Waals surface area contributed by atoms with Crippen LogP contribution in [0, 0.1) is 0 Å². The van der Waals surface area contributed by atoms with Crippen LogP contribution in [0.3, 0.4) is 0 Å². The van der Waals surface area contributed by atoms with Crippen molar-refractivity contribution in [1.29, 1.82) is 0 Å². The van der Waals surface area contributed by atoms with Crippen LogP contribution in [0.25, 0.3) is 0 Å². The molecule has 3 heteroatoms. The van der Waals surface area contributed by atoms with Crippen LogP contribution in [0.4, 0.5) is 0 Å². The van der Waals surface area contributed by atoms with Gasteiger partial charge in [0.2, 0.25) is 0 Å². The van der Waals surface area contributed by atoms with Crippen LogP contribution in [0.5, 0.6) is 0 Å². The highest BCUT2D eigenvalue weighted by molar-refractivity contribution is 6.56. The van der Waals surface area contributed by atoms with Crippen molar-refractivity contribution in [3.8, 4) is 0 Å². The molecule has 0 aliphatic carbocycles. The molecule has 44 valence electrons. The Labute approximate surface area is 57.6 Å². The van der Waals surface area contributed by atoms with Gasteiger partial charge in [-0.15, -0.1) is 0 Å². The first-order chi connectivity index (χ1) is 3.66. The van der Waals surface area contributed by atoms with Gasteiger partial charge in [0, 0.05) is 6.08 Å². The third kappa shape index (κ3) is 3.90. The maximum Gasteiger partial charge on any atom is 0.180 e. The summed E-state index contributed by atoms with van der Waals surface area (Å²) in [7, 11) is 0. The lowest BCUT2D eigenvalue weighted by molar-refractivity contribution is -0.110. The molecule has 0 amide bonds. The Morgan fingerprint density at radius 2 is 2.00 bits per heavy atom. The fraction of sp³-hybridized carbons (Fsp3) is 0. The highest BCUT2D eigenvalue weighted by atomic mass is 35.5. The molecule has 0 fully saturated rings. The van der Waals surface area contributed by atoms with E-state index in [-0.39, 0.29) is 10.3 Å². The van der Waals surface area contributed by atoms with Gasteiger partial charge >= 0.3 is 0 Å². The summed E-state index contributed by atoms with van der Waals surface area (Å²) < 4.78 is -0.0464. The van der Waals surface area contributed by atoms with Crippen molar-refractivity contribution in [3.63, 3.8) is 0 Å². The molecular formula is C5H4Cl2O. The third-order valence-corrected chi connectivity index (χ3v) is 0.671. The fourth-order valence-electron chi connectivity index (χ4n) is 0.166. The average Bonchev–Trinajstić information content (AvgIpc) is 1.65. The quantitative estimate of drug-likeness (QED) is 0.552. The van der Waals surface area contributed by atoms with Crippen molar-refractivity contribution in [2.24, 2.45) is 0 Å².